The van der Waals surface area contributed by atoms with E-state index >= 15 is 0 Å². The molecule has 0 spiro atoms. The zero-order valence-corrected chi connectivity index (χ0v) is 13.0. The number of hydrogen-bond donors (Lipinski definition) is 1. The van der Waals surface area contributed by atoms with Crippen LogP contribution in [0.5, 0.6) is 0 Å². The number of amides is 1. The fourth-order valence-electron chi connectivity index (χ4n) is 2.30. The van der Waals surface area contributed by atoms with Crippen LogP contribution in [0.1, 0.15) is 23.2 Å². The molecule has 0 saturated carbocycles. The van der Waals surface area contributed by atoms with Crippen LogP contribution in [0.4, 0.5) is 4.39 Å². The predicted octanol–water partition coefficient (Wildman–Crippen LogP) is 1.63. The molecule has 1 saturated heterocycles. The van der Waals surface area contributed by atoms with Gasteiger partial charge in [-0.15, -0.1) is 0 Å². The van der Waals surface area contributed by atoms with Gasteiger partial charge in [-0.3, -0.25) is 4.79 Å². The van der Waals surface area contributed by atoms with Crippen molar-refractivity contribution in [2.75, 3.05) is 19.3 Å². The number of halogens is 2. The van der Waals surface area contributed by atoms with E-state index in [1.807, 2.05) is 0 Å². The van der Waals surface area contributed by atoms with Crippen molar-refractivity contribution in [2.24, 2.45) is 0 Å². The smallest absolute Gasteiger partial charge is 0.253 e. The lowest BCUT2D eigenvalue weighted by Gasteiger charge is -2.31. The molecule has 21 heavy (non-hydrogen) atoms. The standard InChI is InChI=1S/C13H16ClFN2O3S/c1-21(19,20)17-6-2-3-10(8-17)16-13(18)11-5-4-9(15)7-12(11)14/h4-5,7,10H,2-3,6,8H2,1H3,(H,16,18). The molecule has 1 fully saturated rings. The normalized spacial score (nSPS) is 20.2. The summed E-state index contributed by atoms with van der Waals surface area (Å²) in [6.07, 6.45) is 2.51. The second kappa shape index (κ2) is 6.29. The second-order valence-electron chi connectivity index (χ2n) is 5.06. The maximum atomic E-state index is 13.0. The van der Waals surface area contributed by atoms with Gasteiger partial charge in [-0.2, -0.15) is 0 Å². The van der Waals surface area contributed by atoms with Crippen LogP contribution in [-0.4, -0.2) is 44.0 Å². The second-order valence-corrected chi connectivity index (χ2v) is 7.45. The first-order valence-corrected chi connectivity index (χ1v) is 8.71. The van der Waals surface area contributed by atoms with Gasteiger partial charge in [0.15, 0.2) is 0 Å². The fourth-order valence-corrected chi connectivity index (χ4v) is 3.46. The third-order valence-electron chi connectivity index (χ3n) is 3.36. The van der Waals surface area contributed by atoms with E-state index in [1.54, 1.807) is 0 Å². The quantitative estimate of drug-likeness (QED) is 0.913. The summed E-state index contributed by atoms with van der Waals surface area (Å²) < 4.78 is 37.4. The zero-order valence-electron chi connectivity index (χ0n) is 11.5. The van der Waals surface area contributed by atoms with Crippen LogP contribution in [0.15, 0.2) is 18.2 Å². The molecule has 1 atom stereocenters. The molecule has 116 valence electrons. The molecule has 5 nitrogen and oxygen atoms in total. The molecule has 1 N–H and O–H groups in total. The monoisotopic (exact) mass is 334 g/mol. The average molecular weight is 335 g/mol. The van der Waals surface area contributed by atoms with Crippen molar-refractivity contribution in [1.29, 1.82) is 0 Å². The van der Waals surface area contributed by atoms with E-state index in [0.29, 0.717) is 19.4 Å². The molecule has 1 aliphatic heterocycles. The van der Waals surface area contributed by atoms with Gasteiger partial charge in [0, 0.05) is 19.1 Å². The fraction of sp³-hybridized carbons (Fsp3) is 0.462. The van der Waals surface area contributed by atoms with Crippen molar-refractivity contribution in [3.63, 3.8) is 0 Å². The van der Waals surface area contributed by atoms with Crippen molar-refractivity contribution in [3.8, 4) is 0 Å². The van der Waals surface area contributed by atoms with Crippen LogP contribution in [0.2, 0.25) is 5.02 Å². The molecule has 0 bridgehead atoms. The van der Waals surface area contributed by atoms with Crippen molar-refractivity contribution < 1.29 is 17.6 Å². The Morgan fingerprint density at radius 1 is 1.48 bits per heavy atom. The number of nitrogens with one attached hydrogen (secondary N) is 1. The van der Waals surface area contributed by atoms with Crippen LogP contribution in [0.25, 0.3) is 0 Å². The Balaban J connectivity index is 2.05. The minimum Gasteiger partial charge on any atom is -0.348 e. The van der Waals surface area contributed by atoms with E-state index < -0.39 is 21.7 Å². The first kappa shape index (κ1) is 16.2. The van der Waals surface area contributed by atoms with E-state index in [1.165, 1.54) is 10.4 Å². The van der Waals surface area contributed by atoms with Gasteiger partial charge in [-0.25, -0.2) is 17.1 Å². The molecule has 1 aromatic rings. The van der Waals surface area contributed by atoms with Crippen molar-refractivity contribution in [1.82, 2.24) is 9.62 Å². The third kappa shape index (κ3) is 4.15. The van der Waals surface area contributed by atoms with Crippen molar-refractivity contribution in [2.45, 2.75) is 18.9 Å². The summed E-state index contributed by atoms with van der Waals surface area (Å²) in [6.45, 7) is 0.700. The molecule has 1 heterocycles. The largest absolute Gasteiger partial charge is 0.348 e. The van der Waals surface area contributed by atoms with Crippen LogP contribution in [0.3, 0.4) is 0 Å². The Labute approximate surface area is 128 Å². The summed E-state index contributed by atoms with van der Waals surface area (Å²) in [5.41, 5.74) is 0.176. The number of piperidine rings is 1. The summed E-state index contributed by atoms with van der Waals surface area (Å²) in [6, 6.07) is 3.26. The topological polar surface area (TPSA) is 66.5 Å². The minimum atomic E-state index is -3.27. The highest BCUT2D eigenvalue weighted by Gasteiger charge is 2.27. The maximum Gasteiger partial charge on any atom is 0.253 e. The Morgan fingerprint density at radius 2 is 2.19 bits per heavy atom. The molecule has 0 aromatic heterocycles. The number of carbonyl (C=O) groups excluding carboxylic acids is 1. The summed E-state index contributed by atoms with van der Waals surface area (Å²) in [5, 5.41) is 2.78. The molecule has 0 aliphatic carbocycles. The first-order chi connectivity index (χ1) is 9.77. The molecular formula is C13H16ClFN2O3S. The average Bonchev–Trinajstić information content (AvgIpc) is 2.37. The van der Waals surface area contributed by atoms with Gasteiger partial charge in [0.25, 0.3) is 5.91 Å². The lowest BCUT2D eigenvalue weighted by atomic mass is 10.1. The first-order valence-electron chi connectivity index (χ1n) is 6.48. The highest BCUT2D eigenvalue weighted by atomic mass is 35.5. The van der Waals surface area contributed by atoms with Gasteiger partial charge in [0.2, 0.25) is 10.0 Å². The van der Waals surface area contributed by atoms with Crippen molar-refractivity contribution in [3.05, 3.63) is 34.6 Å². The number of benzene rings is 1. The van der Waals surface area contributed by atoms with Gasteiger partial charge in [-0.1, -0.05) is 11.6 Å². The van der Waals surface area contributed by atoms with E-state index in [0.717, 1.165) is 18.4 Å². The van der Waals surface area contributed by atoms with Gasteiger partial charge in [-0.05, 0) is 31.0 Å². The summed E-state index contributed by atoms with van der Waals surface area (Å²) in [5.74, 6) is -0.946. The van der Waals surface area contributed by atoms with Crippen LogP contribution in [-0.2, 0) is 10.0 Å². The van der Waals surface area contributed by atoms with Gasteiger partial charge in [0.1, 0.15) is 5.82 Å². The summed E-state index contributed by atoms with van der Waals surface area (Å²) in [4.78, 5) is 12.1. The number of nitrogens with zero attached hydrogens (tertiary/aromatic N) is 1. The minimum absolute atomic E-state index is 0.0308. The highest BCUT2D eigenvalue weighted by molar-refractivity contribution is 7.88. The lowest BCUT2D eigenvalue weighted by Crippen LogP contribution is -2.49. The number of hydrogen-bond acceptors (Lipinski definition) is 3. The zero-order chi connectivity index (χ0) is 15.6. The molecule has 8 heteroatoms. The molecule has 1 aliphatic rings. The van der Waals surface area contributed by atoms with E-state index in [-0.39, 0.29) is 23.2 Å². The summed E-state index contributed by atoms with van der Waals surface area (Å²) in [7, 11) is -3.27. The van der Waals surface area contributed by atoms with Gasteiger partial charge >= 0.3 is 0 Å². The van der Waals surface area contributed by atoms with Crippen molar-refractivity contribution >= 4 is 27.5 Å². The third-order valence-corrected chi connectivity index (χ3v) is 4.95. The molecular weight excluding hydrogens is 319 g/mol. The van der Waals surface area contributed by atoms with Gasteiger partial charge < -0.3 is 5.32 Å². The Kier molecular flexibility index (Phi) is 4.85. The van der Waals surface area contributed by atoms with E-state index in [4.69, 9.17) is 11.6 Å². The van der Waals surface area contributed by atoms with Crippen LogP contribution in [0, 0.1) is 5.82 Å². The maximum absolute atomic E-state index is 13.0. The SMILES string of the molecule is CS(=O)(=O)N1CCCC(NC(=O)c2ccc(F)cc2Cl)C1. The highest BCUT2D eigenvalue weighted by Crippen LogP contribution is 2.18. The number of sulfonamides is 1. The number of rotatable bonds is 3. The molecule has 1 aromatic carbocycles. The Hall–Kier alpha value is -1.18. The number of carbonyl (C=O) groups is 1. The molecule has 0 radical (unpaired) electrons. The van der Waals surface area contributed by atoms with E-state index in [2.05, 4.69) is 5.32 Å². The predicted molar refractivity (Wildman–Crippen MR) is 78.3 cm³/mol. The molecule has 2 rings (SSSR count). The Morgan fingerprint density at radius 3 is 2.81 bits per heavy atom. The van der Waals surface area contributed by atoms with E-state index in [9.17, 15) is 17.6 Å². The lowest BCUT2D eigenvalue weighted by molar-refractivity contribution is 0.0921. The van der Waals surface area contributed by atoms with Crippen LogP contribution >= 0.6 is 11.6 Å². The molecule has 1 amide bonds. The summed E-state index contributed by atoms with van der Waals surface area (Å²) >= 11 is 5.84. The van der Waals surface area contributed by atoms with Crippen LogP contribution < -0.4 is 5.32 Å². The molecule has 1 unspecified atom stereocenters. The van der Waals surface area contributed by atoms with Gasteiger partial charge in [0.05, 0.1) is 16.8 Å². The Bertz CT molecular complexity index is 651.